The van der Waals surface area contributed by atoms with Gasteiger partial charge >= 0.3 is 0 Å². The van der Waals surface area contributed by atoms with Crippen LogP contribution in [0.3, 0.4) is 0 Å². The smallest absolute Gasteiger partial charge is 0.256 e. The second-order valence-electron chi connectivity index (χ2n) is 4.42. The largest absolute Gasteiger partial charge is 0.452 e. The van der Waals surface area contributed by atoms with Crippen molar-refractivity contribution in [3.8, 4) is 0 Å². The molecule has 1 amide bonds. The number of amides is 1. The van der Waals surface area contributed by atoms with E-state index in [-0.39, 0.29) is 11.1 Å². The van der Waals surface area contributed by atoms with Crippen molar-refractivity contribution in [2.75, 3.05) is 6.54 Å². The summed E-state index contributed by atoms with van der Waals surface area (Å²) >= 11 is 5.75. The molecule has 1 N–H and O–H groups in total. The van der Waals surface area contributed by atoms with E-state index < -0.39 is 0 Å². The number of furan rings is 1. The van der Waals surface area contributed by atoms with E-state index in [0.29, 0.717) is 18.0 Å². The van der Waals surface area contributed by atoms with Gasteiger partial charge in [-0.3, -0.25) is 4.79 Å². The van der Waals surface area contributed by atoms with Gasteiger partial charge < -0.3 is 9.73 Å². The van der Waals surface area contributed by atoms with Crippen molar-refractivity contribution < 1.29 is 9.21 Å². The SMILES string of the molecule is O=C(NCC1Cc2ccccc21)c1ccoc1Cl. The van der Waals surface area contributed by atoms with Gasteiger partial charge in [0, 0.05) is 12.5 Å². The van der Waals surface area contributed by atoms with Crippen molar-refractivity contribution in [1.29, 1.82) is 0 Å². The molecule has 1 unspecified atom stereocenters. The zero-order valence-electron chi connectivity index (χ0n) is 9.65. The van der Waals surface area contributed by atoms with Crippen LogP contribution in [-0.2, 0) is 6.42 Å². The van der Waals surface area contributed by atoms with Crippen LogP contribution >= 0.6 is 11.6 Å². The lowest BCUT2D eigenvalue weighted by Crippen LogP contribution is -2.33. The highest BCUT2D eigenvalue weighted by molar-refractivity contribution is 6.32. The molecular weight excluding hydrogens is 250 g/mol. The van der Waals surface area contributed by atoms with Gasteiger partial charge in [0.05, 0.1) is 11.8 Å². The number of halogens is 1. The summed E-state index contributed by atoms with van der Waals surface area (Å²) in [6.07, 6.45) is 2.44. The monoisotopic (exact) mass is 261 g/mol. The topological polar surface area (TPSA) is 42.2 Å². The average Bonchev–Trinajstić information content (AvgIpc) is 2.76. The molecule has 1 aliphatic rings. The van der Waals surface area contributed by atoms with Crippen LogP contribution in [0.25, 0.3) is 0 Å². The Morgan fingerprint density at radius 3 is 2.94 bits per heavy atom. The first-order valence-corrected chi connectivity index (χ1v) is 6.22. The zero-order chi connectivity index (χ0) is 12.5. The van der Waals surface area contributed by atoms with E-state index in [9.17, 15) is 4.79 Å². The number of hydrogen-bond acceptors (Lipinski definition) is 2. The fourth-order valence-corrected chi connectivity index (χ4v) is 2.51. The molecule has 0 aliphatic heterocycles. The molecule has 18 heavy (non-hydrogen) atoms. The normalized spacial score (nSPS) is 16.8. The quantitative estimate of drug-likeness (QED) is 0.923. The number of fused-ring (bicyclic) bond motifs is 1. The third kappa shape index (κ3) is 1.91. The van der Waals surface area contributed by atoms with Gasteiger partial charge in [0.1, 0.15) is 0 Å². The third-order valence-electron chi connectivity index (χ3n) is 3.33. The Hall–Kier alpha value is -1.74. The summed E-state index contributed by atoms with van der Waals surface area (Å²) in [7, 11) is 0. The Balaban J connectivity index is 1.61. The Morgan fingerprint density at radius 1 is 1.39 bits per heavy atom. The fourth-order valence-electron chi connectivity index (χ4n) is 2.31. The van der Waals surface area contributed by atoms with Gasteiger partial charge in [-0.25, -0.2) is 0 Å². The number of rotatable bonds is 3. The molecule has 4 heteroatoms. The number of nitrogens with one attached hydrogen (secondary N) is 1. The number of carbonyl (C=O) groups is 1. The molecule has 1 aromatic carbocycles. The maximum absolute atomic E-state index is 11.8. The summed E-state index contributed by atoms with van der Waals surface area (Å²) in [5.74, 6) is 0.231. The van der Waals surface area contributed by atoms with E-state index in [1.165, 1.54) is 17.4 Å². The Morgan fingerprint density at radius 2 is 2.22 bits per heavy atom. The highest BCUT2D eigenvalue weighted by Gasteiger charge is 2.26. The molecule has 0 spiro atoms. The molecule has 0 fully saturated rings. The molecule has 0 bridgehead atoms. The van der Waals surface area contributed by atoms with Crippen LogP contribution in [0.5, 0.6) is 0 Å². The molecule has 1 atom stereocenters. The van der Waals surface area contributed by atoms with Gasteiger partial charge in [0.2, 0.25) is 5.22 Å². The molecule has 0 saturated carbocycles. The summed E-state index contributed by atoms with van der Waals surface area (Å²) in [5, 5.41) is 3.03. The predicted octanol–water partition coefficient (Wildman–Crippen LogP) is 3.00. The van der Waals surface area contributed by atoms with Crippen molar-refractivity contribution >= 4 is 17.5 Å². The van der Waals surface area contributed by atoms with Crippen LogP contribution in [0, 0.1) is 0 Å². The average molecular weight is 262 g/mol. The van der Waals surface area contributed by atoms with Crippen molar-refractivity contribution in [1.82, 2.24) is 5.32 Å². The second kappa shape index (κ2) is 4.50. The van der Waals surface area contributed by atoms with Gasteiger partial charge in [-0.1, -0.05) is 24.3 Å². The summed E-state index contributed by atoms with van der Waals surface area (Å²) in [5.41, 5.74) is 3.10. The summed E-state index contributed by atoms with van der Waals surface area (Å²) in [4.78, 5) is 11.8. The first kappa shape index (κ1) is 11.4. The van der Waals surface area contributed by atoms with Crippen LogP contribution in [-0.4, -0.2) is 12.5 Å². The second-order valence-corrected chi connectivity index (χ2v) is 4.76. The minimum atomic E-state index is -0.182. The molecule has 0 saturated heterocycles. The maximum Gasteiger partial charge on any atom is 0.256 e. The molecule has 1 aliphatic carbocycles. The van der Waals surface area contributed by atoms with Gasteiger partial charge in [-0.05, 0) is 35.2 Å². The summed E-state index contributed by atoms with van der Waals surface area (Å²) in [6.45, 7) is 0.636. The summed E-state index contributed by atoms with van der Waals surface area (Å²) < 4.78 is 4.89. The minimum absolute atomic E-state index is 0.140. The molecule has 3 rings (SSSR count). The molecule has 1 aromatic heterocycles. The lowest BCUT2D eigenvalue weighted by Gasteiger charge is -2.30. The highest BCUT2D eigenvalue weighted by atomic mass is 35.5. The number of hydrogen-bond donors (Lipinski definition) is 1. The van der Waals surface area contributed by atoms with Crippen LogP contribution in [0.2, 0.25) is 5.22 Å². The standard InChI is InChI=1S/C14H12ClNO2/c15-13-12(5-6-18-13)14(17)16-8-10-7-9-3-1-2-4-11(9)10/h1-6,10H,7-8H2,(H,16,17). The first-order chi connectivity index (χ1) is 8.75. The van der Waals surface area contributed by atoms with Crippen molar-refractivity contribution in [2.45, 2.75) is 12.3 Å². The molecule has 0 radical (unpaired) electrons. The lowest BCUT2D eigenvalue weighted by molar-refractivity contribution is 0.0949. The number of benzene rings is 1. The molecule has 92 valence electrons. The van der Waals surface area contributed by atoms with Gasteiger partial charge in [-0.2, -0.15) is 0 Å². The summed E-state index contributed by atoms with van der Waals surface area (Å²) in [6, 6.07) is 9.88. The fraction of sp³-hybridized carbons (Fsp3) is 0.214. The number of carbonyl (C=O) groups excluding carboxylic acids is 1. The van der Waals surface area contributed by atoms with E-state index >= 15 is 0 Å². The van der Waals surface area contributed by atoms with E-state index in [1.807, 2.05) is 12.1 Å². The molecular formula is C14H12ClNO2. The minimum Gasteiger partial charge on any atom is -0.452 e. The van der Waals surface area contributed by atoms with Gasteiger partial charge in [0.25, 0.3) is 5.91 Å². The van der Waals surface area contributed by atoms with Crippen LogP contribution < -0.4 is 5.32 Å². The molecule has 1 heterocycles. The Labute approximate surface area is 110 Å². The van der Waals surface area contributed by atoms with Gasteiger partial charge in [0.15, 0.2) is 0 Å². The van der Waals surface area contributed by atoms with Crippen LogP contribution in [0.1, 0.15) is 27.4 Å². The van der Waals surface area contributed by atoms with Crippen molar-refractivity contribution in [3.63, 3.8) is 0 Å². The molecule has 3 nitrogen and oxygen atoms in total. The predicted molar refractivity (Wildman–Crippen MR) is 68.9 cm³/mol. The molecule has 2 aromatic rings. The van der Waals surface area contributed by atoms with Crippen LogP contribution in [0.4, 0.5) is 0 Å². The van der Waals surface area contributed by atoms with Crippen LogP contribution in [0.15, 0.2) is 41.0 Å². The van der Waals surface area contributed by atoms with Crippen molar-refractivity contribution in [2.24, 2.45) is 0 Å². The Bertz CT molecular complexity index is 591. The van der Waals surface area contributed by atoms with Crippen molar-refractivity contribution in [3.05, 3.63) is 58.5 Å². The Kier molecular flexibility index (Phi) is 2.84. The third-order valence-corrected chi connectivity index (χ3v) is 3.63. The van der Waals surface area contributed by atoms with Gasteiger partial charge in [-0.15, -0.1) is 0 Å². The van der Waals surface area contributed by atoms with E-state index in [2.05, 4.69) is 17.4 Å². The first-order valence-electron chi connectivity index (χ1n) is 5.84. The zero-order valence-corrected chi connectivity index (χ0v) is 10.4. The maximum atomic E-state index is 11.8. The lowest BCUT2D eigenvalue weighted by atomic mass is 9.77. The van der Waals surface area contributed by atoms with E-state index in [4.69, 9.17) is 16.0 Å². The highest BCUT2D eigenvalue weighted by Crippen LogP contribution is 2.34. The van der Waals surface area contributed by atoms with E-state index in [0.717, 1.165) is 6.42 Å². The van der Waals surface area contributed by atoms with E-state index in [1.54, 1.807) is 6.07 Å².